The van der Waals surface area contributed by atoms with Crippen molar-refractivity contribution in [2.75, 3.05) is 11.1 Å². The molecular formula is C11H13FN4O. The van der Waals surface area contributed by atoms with Crippen LogP contribution in [0, 0.1) is 5.82 Å². The average Bonchev–Trinajstić information content (AvgIpc) is 2.29. The van der Waals surface area contributed by atoms with Crippen molar-refractivity contribution < 1.29 is 9.18 Å². The van der Waals surface area contributed by atoms with Gasteiger partial charge in [0, 0.05) is 5.70 Å². The third-order valence-corrected chi connectivity index (χ3v) is 2.06. The molecule has 0 bridgehead atoms. The maximum atomic E-state index is 13.2. The number of aromatic nitrogens is 1. The third kappa shape index (κ3) is 2.81. The number of carbonyl (C=O) groups excluding carboxylic acids is 1. The molecule has 0 aliphatic carbocycles. The molecule has 0 aliphatic rings. The van der Waals surface area contributed by atoms with Gasteiger partial charge >= 0.3 is 0 Å². The SMILES string of the molecule is C=C/C(=C\C)Nc1nc(N)c(F)cc1C(N)=O. The number of hydrogen-bond donors (Lipinski definition) is 3. The van der Waals surface area contributed by atoms with E-state index in [1.54, 1.807) is 13.0 Å². The van der Waals surface area contributed by atoms with Crippen LogP contribution in [0.1, 0.15) is 17.3 Å². The quantitative estimate of drug-likeness (QED) is 0.689. The molecule has 5 nitrogen and oxygen atoms in total. The molecule has 0 fully saturated rings. The minimum atomic E-state index is -0.793. The van der Waals surface area contributed by atoms with Gasteiger partial charge in [0.05, 0.1) is 5.56 Å². The number of anilines is 2. The van der Waals surface area contributed by atoms with E-state index < -0.39 is 11.7 Å². The first-order chi connectivity index (χ1) is 7.99. The van der Waals surface area contributed by atoms with Gasteiger partial charge in [0.15, 0.2) is 11.6 Å². The molecule has 0 radical (unpaired) electrons. The Morgan fingerprint density at radius 2 is 2.29 bits per heavy atom. The van der Waals surface area contributed by atoms with Gasteiger partial charge < -0.3 is 16.8 Å². The minimum Gasteiger partial charge on any atom is -0.381 e. The van der Waals surface area contributed by atoms with E-state index in [1.807, 2.05) is 0 Å². The molecule has 6 heteroatoms. The maximum Gasteiger partial charge on any atom is 0.252 e. The number of hydrogen-bond acceptors (Lipinski definition) is 4. The summed E-state index contributed by atoms with van der Waals surface area (Å²) in [5.74, 6) is -1.79. The predicted octanol–water partition coefficient (Wildman–Crippen LogP) is 1.40. The topological polar surface area (TPSA) is 94.0 Å². The van der Waals surface area contributed by atoms with Crippen LogP contribution in [0.2, 0.25) is 0 Å². The molecule has 1 aromatic rings. The number of allylic oxidation sites excluding steroid dienone is 2. The molecule has 1 amide bonds. The third-order valence-electron chi connectivity index (χ3n) is 2.06. The van der Waals surface area contributed by atoms with Crippen LogP contribution in [0.4, 0.5) is 16.0 Å². The van der Waals surface area contributed by atoms with Crippen LogP contribution < -0.4 is 16.8 Å². The summed E-state index contributed by atoms with van der Waals surface area (Å²) in [5, 5.41) is 2.78. The first-order valence-corrected chi connectivity index (χ1v) is 4.81. The second kappa shape index (κ2) is 5.11. The molecule has 1 rings (SSSR count). The van der Waals surface area contributed by atoms with Crippen LogP contribution in [-0.4, -0.2) is 10.9 Å². The van der Waals surface area contributed by atoms with E-state index in [0.29, 0.717) is 5.70 Å². The van der Waals surface area contributed by atoms with Crippen molar-refractivity contribution in [3.63, 3.8) is 0 Å². The highest BCUT2D eigenvalue weighted by molar-refractivity contribution is 5.98. The summed E-state index contributed by atoms with van der Waals surface area (Å²) < 4.78 is 13.2. The number of rotatable bonds is 4. The van der Waals surface area contributed by atoms with Crippen LogP contribution in [-0.2, 0) is 0 Å². The monoisotopic (exact) mass is 236 g/mol. The highest BCUT2D eigenvalue weighted by atomic mass is 19.1. The lowest BCUT2D eigenvalue weighted by atomic mass is 10.2. The van der Waals surface area contributed by atoms with Crippen molar-refractivity contribution in [2.45, 2.75) is 6.92 Å². The summed E-state index contributed by atoms with van der Waals surface area (Å²) >= 11 is 0. The Hall–Kier alpha value is -2.37. The van der Waals surface area contributed by atoms with E-state index in [4.69, 9.17) is 11.5 Å². The van der Waals surface area contributed by atoms with Gasteiger partial charge in [-0.15, -0.1) is 0 Å². The fourth-order valence-corrected chi connectivity index (χ4v) is 1.16. The zero-order chi connectivity index (χ0) is 13.0. The molecule has 0 atom stereocenters. The van der Waals surface area contributed by atoms with Gasteiger partial charge in [-0.05, 0) is 19.1 Å². The summed E-state index contributed by atoms with van der Waals surface area (Å²) in [7, 11) is 0. The Morgan fingerprint density at radius 1 is 1.65 bits per heavy atom. The summed E-state index contributed by atoms with van der Waals surface area (Å²) in [6.07, 6.45) is 3.23. The number of nitrogens with two attached hydrogens (primary N) is 2. The lowest BCUT2D eigenvalue weighted by Crippen LogP contribution is -2.16. The first kappa shape index (κ1) is 12.7. The molecule has 0 unspecified atom stereocenters. The molecular weight excluding hydrogens is 223 g/mol. The van der Waals surface area contributed by atoms with Gasteiger partial charge in [0.2, 0.25) is 0 Å². The number of amides is 1. The second-order valence-electron chi connectivity index (χ2n) is 3.19. The van der Waals surface area contributed by atoms with Crippen molar-refractivity contribution in [1.82, 2.24) is 4.98 Å². The van der Waals surface area contributed by atoms with Crippen LogP contribution in [0.3, 0.4) is 0 Å². The van der Waals surface area contributed by atoms with Gasteiger partial charge in [-0.25, -0.2) is 9.37 Å². The zero-order valence-electron chi connectivity index (χ0n) is 9.33. The summed E-state index contributed by atoms with van der Waals surface area (Å²) in [5.41, 5.74) is 11.0. The highest BCUT2D eigenvalue weighted by Crippen LogP contribution is 2.19. The van der Waals surface area contributed by atoms with Gasteiger partial charge in [-0.1, -0.05) is 12.7 Å². The molecule has 0 aromatic carbocycles. The van der Waals surface area contributed by atoms with Gasteiger partial charge in [0.25, 0.3) is 5.91 Å². The van der Waals surface area contributed by atoms with E-state index in [1.165, 1.54) is 6.08 Å². The van der Waals surface area contributed by atoms with Crippen LogP contribution in [0.5, 0.6) is 0 Å². The molecule has 0 spiro atoms. The van der Waals surface area contributed by atoms with E-state index in [-0.39, 0.29) is 17.2 Å². The second-order valence-corrected chi connectivity index (χ2v) is 3.19. The Morgan fingerprint density at radius 3 is 2.76 bits per heavy atom. The van der Waals surface area contributed by atoms with Crippen LogP contribution in [0.15, 0.2) is 30.5 Å². The van der Waals surface area contributed by atoms with E-state index in [0.717, 1.165) is 6.07 Å². The molecule has 0 saturated carbocycles. The summed E-state index contributed by atoms with van der Waals surface area (Å²) in [6, 6.07) is 0.948. The summed E-state index contributed by atoms with van der Waals surface area (Å²) in [6.45, 7) is 5.33. The van der Waals surface area contributed by atoms with Crippen molar-refractivity contribution in [2.24, 2.45) is 5.73 Å². The number of pyridine rings is 1. The van der Waals surface area contributed by atoms with Crippen molar-refractivity contribution in [3.8, 4) is 0 Å². The van der Waals surface area contributed by atoms with Crippen LogP contribution in [0.25, 0.3) is 0 Å². The van der Waals surface area contributed by atoms with Crippen molar-refractivity contribution >= 4 is 17.5 Å². The Balaban J connectivity index is 3.26. The average molecular weight is 236 g/mol. The summed E-state index contributed by atoms with van der Waals surface area (Å²) in [4.78, 5) is 14.9. The predicted molar refractivity (Wildman–Crippen MR) is 64.7 cm³/mol. The largest absolute Gasteiger partial charge is 0.381 e. The smallest absolute Gasteiger partial charge is 0.252 e. The fraction of sp³-hybridized carbons (Fsp3) is 0.0909. The fourth-order valence-electron chi connectivity index (χ4n) is 1.16. The minimum absolute atomic E-state index is 0.0714. The zero-order valence-corrected chi connectivity index (χ0v) is 9.33. The molecule has 0 saturated heterocycles. The Labute approximate surface area is 98.0 Å². The molecule has 5 N–H and O–H groups in total. The Kier molecular flexibility index (Phi) is 3.82. The van der Waals surface area contributed by atoms with Gasteiger partial charge in [-0.2, -0.15) is 0 Å². The van der Waals surface area contributed by atoms with E-state index in [2.05, 4.69) is 16.9 Å². The van der Waals surface area contributed by atoms with Gasteiger partial charge in [-0.3, -0.25) is 4.79 Å². The molecule has 90 valence electrons. The normalized spacial score (nSPS) is 11.1. The first-order valence-electron chi connectivity index (χ1n) is 4.81. The van der Waals surface area contributed by atoms with Crippen molar-refractivity contribution in [3.05, 3.63) is 41.9 Å². The molecule has 1 aromatic heterocycles. The number of carbonyl (C=O) groups is 1. The number of nitrogens with one attached hydrogen (secondary N) is 1. The molecule has 0 aliphatic heterocycles. The lowest BCUT2D eigenvalue weighted by Gasteiger charge is -2.10. The number of nitrogens with zero attached hydrogens (tertiary/aromatic N) is 1. The van der Waals surface area contributed by atoms with E-state index in [9.17, 15) is 9.18 Å². The number of nitrogen functional groups attached to an aromatic ring is 1. The van der Waals surface area contributed by atoms with Crippen LogP contribution >= 0.6 is 0 Å². The maximum absolute atomic E-state index is 13.2. The number of primary amides is 1. The highest BCUT2D eigenvalue weighted by Gasteiger charge is 2.14. The molecule has 17 heavy (non-hydrogen) atoms. The lowest BCUT2D eigenvalue weighted by molar-refractivity contribution is 0.100. The van der Waals surface area contributed by atoms with E-state index >= 15 is 0 Å². The molecule has 1 heterocycles. The standard InChI is InChI=1S/C11H13FN4O/c1-3-6(4-2)15-11-7(10(14)17)5-8(12)9(13)16-11/h3-5H,1H2,2H3,(H2,14,17)(H3,13,15,16)/b6-4+. The van der Waals surface area contributed by atoms with Crippen molar-refractivity contribution in [1.29, 1.82) is 0 Å². The Bertz CT molecular complexity index is 496. The number of halogens is 1. The van der Waals surface area contributed by atoms with Gasteiger partial charge in [0.1, 0.15) is 5.82 Å².